The minimum atomic E-state index is -0.412. The summed E-state index contributed by atoms with van der Waals surface area (Å²) in [5, 5.41) is 4.02. The normalized spacial score (nSPS) is 16.4. The van der Waals surface area contributed by atoms with Gasteiger partial charge in [-0.25, -0.2) is 0 Å². The van der Waals surface area contributed by atoms with Crippen molar-refractivity contribution in [2.24, 2.45) is 0 Å². The van der Waals surface area contributed by atoms with E-state index >= 15 is 0 Å². The van der Waals surface area contributed by atoms with E-state index in [9.17, 15) is 9.59 Å². The zero-order chi connectivity index (χ0) is 17.9. The van der Waals surface area contributed by atoms with Crippen molar-refractivity contribution in [1.82, 2.24) is 10.3 Å². The van der Waals surface area contributed by atoms with E-state index in [1.807, 2.05) is 6.07 Å². The molecule has 1 aliphatic rings. The van der Waals surface area contributed by atoms with Crippen molar-refractivity contribution in [3.05, 3.63) is 68.1 Å². The van der Waals surface area contributed by atoms with Gasteiger partial charge in [-0.3, -0.25) is 9.59 Å². The highest BCUT2D eigenvalue weighted by atomic mass is 35.5. The van der Waals surface area contributed by atoms with Crippen LogP contribution in [0.2, 0.25) is 10.0 Å². The standard InChI is InChI=1S/C18H18Cl2N2O3/c19-12-3-4-14(15(20)10-12)18(5-8-25-9-6-18)11-22-17(24)13-2-1-7-21-16(13)23/h1-4,7,10H,5-6,8-9,11H2,(H,21,23)(H,22,24). The van der Waals surface area contributed by atoms with Crippen molar-refractivity contribution >= 4 is 29.1 Å². The number of ether oxygens (including phenoxy) is 1. The molecule has 0 aliphatic carbocycles. The second-order valence-corrected chi connectivity index (χ2v) is 6.96. The first-order valence-electron chi connectivity index (χ1n) is 8.01. The fourth-order valence-electron chi connectivity index (χ4n) is 3.17. The number of aromatic amines is 1. The Hall–Kier alpha value is -1.82. The van der Waals surface area contributed by atoms with Crippen LogP contribution in [0.25, 0.3) is 0 Å². The summed E-state index contributed by atoms with van der Waals surface area (Å²) in [7, 11) is 0. The number of hydrogen-bond donors (Lipinski definition) is 2. The van der Waals surface area contributed by atoms with Gasteiger partial charge in [0.2, 0.25) is 0 Å². The monoisotopic (exact) mass is 380 g/mol. The summed E-state index contributed by atoms with van der Waals surface area (Å²) in [6.45, 7) is 1.53. The van der Waals surface area contributed by atoms with E-state index in [0.717, 1.165) is 18.4 Å². The number of pyridine rings is 1. The lowest BCUT2D eigenvalue weighted by atomic mass is 9.74. The smallest absolute Gasteiger partial charge is 0.260 e. The van der Waals surface area contributed by atoms with Gasteiger partial charge in [0.15, 0.2) is 0 Å². The summed E-state index contributed by atoms with van der Waals surface area (Å²) in [6.07, 6.45) is 2.94. The predicted octanol–water partition coefficient (Wildman–Crippen LogP) is 3.16. The molecule has 5 nitrogen and oxygen atoms in total. The minimum absolute atomic E-state index is 0.0897. The predicted molar refractivity (Wildman–Crippen MR) is 97.6 cm³/mol. The number of H-pyrrole nitrogens is 1. The van der Waals surface area contributed by atoms with Gasteiger partial charge in [-0.2, -0.15) is 0 Å². The van der Waals surface area contributed by atoms with E-state index in [4.69, 9.17) is 27.9 Å². The summed E-state index contributed by atoms with van der Waals surface area (Å²) in [5.74, 6) is -0.405. The molecule has 1 aromatic carbocycles. The number of aromatic nitrogens is 1. The largest absolute Gasteiger partial charge is 0.381 e. The molecular weight excluding hydrogens is 363 g/mol. The van der Waals surface area contributed by atoms with Gasteiger partial charge < -0.3 is 15.0 Å². The molecule has 1 fully saturated rings. The second kappa shape index (κ2) is 7.60. The van der Waals surface area contributed by atoms with Crippen molar-refractivity contribution in [2.75, 3.05) is 19.8 Å². The maximum atomic E-state index is 12.4. The van der Waals surface area contributed by atoms with Crippen molar-refractivity contribution in [2.45, 2.75) is 18.3 Å². The first-order chi connectivity index (χ1) is 12.0. The van der Waals surface area contributed by atoms with E-state index in [2.05, 4.69) is 10.3 Å². The Morgan fingerprint density at radius 1 is 1.24 bits per heavy atom. The van der Waals surface area contributed by atoms with Crippen LogP contribution in [0.3, 0.4) is 0 Å². The van der Waals surface area contributed by atoms with Crippen LogP contribution in [0.5, 0.6) is 0 Å². The minimum Gasteiger partial charge on any atom is -0.381 e. The summed E-state index contributed by atoms with van der Waals surface area (Å²) < 4.78 is 5.48. The van der Waals surface area contributed by atoms with Crippen LogP contribution < -0.4 is 10.9 Å². The summed E-state index contributed by atoms with van der Waals surface area (Å²) >= 11 is 12.4. The zero-order valence-corrected chi connectivity index (χ0v) is 15.0. The molecule has 0 unspecified atom stereocenters. The molecule has 7 heteroatoms. The van der Waals surface area contributed by atoms with Gasteiger partial charge in [0.05, 0.1) is 0 Å². The summed E-state index contributed by atoms with van der Waals surface area (Å²) in [4.78, 5) is 26.7. The van der Waals surface area contributed by atoms with E-state index in [-0.39, 0.29) is 11.0 Å². The fourth-order valence-corrected chi connectivity index (χ4v) is 3.78. The molecule has 1 amide bonds. The Labute approximate surface area is 155 Å². The Morgan fingerprint density at radius 2 is 2.00 bits per heavy atom. The van der Waals surface area contributed by atoms with Gasteiger partial charge in [0.25, 0.3) is 11.5 Å². The molecule has 1 aromatic heterocycles. The molecule has 2 aromatic rings. The molecule has 0 saturated carbocycles. The maximum Gasteiger partial charge on any atom is 0.260 e. The molecule has 2 heterocycles. The summed E-state index contributed by atoms with van der Waals surface area (Å²) in [6, 6.07) is 8.53. The number of hydrogen-bond acceptors (Lipinski definition) is 3. The fraction of sp³-hybridized carbons (Fsp3) is 0.333. The topological polar surface area (TPSA) is 71.2 Å². The SMILES string of the molecule is O=C(NCC1(c2ccc(Cl)cc2Cl)CCOCC1)c1ccc[nH]c1=O. The highest BCUT2D eigenvalue weighted by Crippen LogP contribution is 2.39. The molecule has 25 heavy (non-hydrogen) atoms. The lowest BCUT2D eigenvalue weighted by Gasteiger charge is -2.38. The van der Waals surface area contributed by atoms with Gasteiger partial charge in [0.1, 0.15) is 5.56 Å². The first kappa shape index (κ1) is 18.0. The summed E-state index contributed by atoms with van der Waals surface area (Å²) in [5.41, 5.74) is 0.263. The average molecular weight is 381 g/mol. The third kappa shape index (κ3) is 3.89. The Kier molecular flexibility index (Phi) is 5.47. The highest BCUT2D eigenvalue weighted by Gasteiger charge is 2.36. The molecule has 1 aliphatic heterocycles. The molecular formula is C18H18Cl2N2O3. The van der Waals surface area contributed by atoms with Crippen LogP contribution in [-0.4, -0.2) is 30.6 Å². The number of amides is 1. The molecule has 0 bridgehead atoms. The Bertz CT molecular complexity index is 829. The average Bonchev–Trinajstić information content (AvgIpc) is 2.61. The quantitative estimate of drug-likeness (QED) is 0.855. The van der Waals surface area contributed by atoms with Crippen LogP contribution in [0.4, 0.5) is 0 Å². The molecule has 3 rings (SSSR count). The van der Waals surface area contributed by atoms with Gasteiger partial charge >= 0.3 is 0 Å². The third-order valence-corrected chi connectivity index (χ3v) is 5.15. The van der Waals surface area contributed by atoms with E-state index < -0.39 is 11.5 Å². The van der Waals surface area contributed by atoms with E-state index in [1.165, 1.54) is 12.3 Å². The second-order valence-electron chi connectivity index (χ2n) is 6.11. The molecule has 132 valence electrons. The van der Waals surface area contributed by atoms with Crippen LogP contribution in [-0.2, 0) is 10.2 Å². The van der Waals surface area contributed by atoms with Gasteiger partial charge in [-0.05, 0) is 42.7 Å². The molecule has 0 spiro atoms. The number of nitrogens with one attached hydrogen (secondary N) is 2. The van der Waals surface area contributed by atoms with Crippen molar-refractivity contribution in [1.29, 1.82) is 0 Å². The lowest BCUT2D eigenvalue weighted by Crippen LogP contribution is -2.45. The third-order valence-electron chi connectivity index (χ3n) is 4.60. The van der Waals surface area contributed by atoms with Crippen molar-refractivity contribution in [3.63, 3.8) is 0 Å². The van der Waals surface area contributed by atoms with Crippen molar-refractivity contribution < 1.29 is 9.53 Å². The molecule has 0 radical (unpaired) electrons. The van der Waals surface area contributed by atoms with Crippen LogP contribution in [0.15, 0.2) is 41.3 Å². The maximum absolute atomic E-state index is 12.4. The molecule has 1 saturated heterocycles. The van der Waals surface area contributed by atoms with Gasteiger partial charge in [-0.15, -0.1) is 0 Å². The lowest BCUT2D eigenvalue weighted by molar-refractivity contribution is 0.0487. The van der Waals surface area contributed by atoms with E-state index in [1.54, 1.807) is 18.2 Å². The highest BCUT2D eigenvalue weighted by molar-refractivity contribution is 6.35. The number of halogens is 2. The zero-order valence-electron chi connectivity index (χ0n) is 13.5. The van der Waals surface area contributed by atoms with Gasteiger partial charge in [-0.1, -0.05) is 29.3 Å². The first-order valence-corrected chi connectivity index (χ1v) is 8.77. The molecule has 2 N–H and O–H groups in total. The number of benzene rings is 1. The van der Waals surface area contributed by atoms with Crippen molar-refractivity contribution in [3.8, 4) is 0 Å². The van der Waals surface area contributed by atoms with Crippen LogP contribution in [0, 0.1) is 0 Å². The number of rotatable bonds is 4. The number of carbonyl (C=O) groups excluding carboxylic acids is 1. The number of carbonyl (C=O) groups is 1. The Morgan fingerprint density at radius 3 is 2.68 bits per heavy atom. The van der Waals surface area contributed by atoms with E-state index in [0.29, 0.717) is 29.8 Å². The molecule has 0 atom stereocenters. The van der Waals surface area contributed by atoms with Gasteiger partial charge in [0, 0.05) is 41.4 Å². The van der Waals surface area contributed by atoms with Crippen LogP contribution >= 0.6 is 23.2 Å². The Balaban J connectivity index is 1.85. The van der Waals surface area contributed by atoms with Crippen LogP contribution in [0.1, 0.15) is 28.8 Å².